The number of nitrogens with zero attached hydrogens (tertiary/aromatic N) is 3. The van der Waals surface area contributed by atoms with E-state index in [0.29, 0.717) is 32.6 Å². The summed E-state index contributed by atoms with van der Waals surface area (Å²) in [5, 5.41) is 20.7. The number of fused-ring (bicyclic) bond motifs is 1. The number of pyridine rings is 1. The molecule has 0 aliphatic rings. The number of hydrogen-bond acceptors (Lipinski definition) is 5. The van der Waals surface area contributed by atoms with Crippen molar-refractivity contribution in [3.05, 3.63) is 84.0 Å². The standard InChI is InChI=1S/C22H17F2N5O/c1-30-17-12-15-11-16(7-8-18(15)27-13-17)22(23,24)21(26)29-20(25)10-9-19(28-29)14-5-3-2-4-6-14/h2-13,25-26H,1H3. The van der Waals surface area contributed by atoms with Crippen molar-refractivity contribution in [3.8, 4) is 17.0 Å². The Labute approximate surface area is 170 Å². The molecule has 2 heterocycles. The quantitative estimate of drug-likeness (QED) is 0.394. The highest BCUT2D eigenvalue weighted by Gasteiger charge is 2.39. The van der Waals surface area contributed by atoms with Crippen LogP contribution in [-0.4, -0.2) is 27.7 Å². The topological polar surface area (TPSA) is 87.6 Å². The van der Waals surface area contributed by atoms with Gasteiger partial charge in [0.2, 0.25) is 0 Å². The molecule has 0 spiro atoms. The van der Waals surface area contributed by atoms with E-state index in [0.717, 1.165) is 0 Å². The van der Waals surface area contributed by atoms with E-state index in [1.807, 2.05) is 6.07 Å². The van der Waals surface area contributed by atoms with Crippen LogP contribution in [0.4, 0.5) is 8.78 Å². The van der Waals surface area contributed by atoms with Crippen molar-refractivity contribution in [1.29, 1.82) is 10.8 Å². The highest BCUT2D eigenvalue weighted by Crippen LogP contribution is 2.32. The van der Waals surface area contributed by atoms with Crippen LogP contribution in [0.15, 0.2) is 72.9 Å². The monoisotopic (exact) mass is 405 g/mol. The SMILES string of the molecule is COc1cnc2ccc(C(F)(F)C(=N)n3nc(-c4ccccc4)ccc3=N)cc2c1. The van der Waals surface area contributed by atoms with E-state index < -0.39 is 17.3 Å². The third-order valence-electron chi connectivity index (χ3n) is 4.67. The predicted molar refractivity (Wildman–Crippen MR) is 109 cm³/mol. The molecule has 0 saturated carbocycles. The van der Waals surface area contributed by atoms with Crippen molar-refractivity contribution >= 4 is 16.7 Å². The van der Waals surface area contributed by atoms with Crippen molar-refractivity contribution in [2.75, 3.05) is 7.11 Å². The molecule has 0 radical (unpaired) electrons. The molecule has 2 aromatic heterocycles. The lowest BCUT2D eigenvalue weighted by atomic mass is 10.0. The molecular formula is C22H17F2N5O. The molecule has 0 atom stereocenters. The van der Waals surface area contributed by atoms with E-state index >= 15 is 8.78 Å². The molecule has 0 saturated heterocycles. The van der Waals surface area contributed by atoms with Crippen LogP contribution in [0.25, 0.3) is 22.2 Å². The van der Waals surface area contributed by atoms with Gasteiger partial charge >= 0.3 is 5.92 Å². The summed E-state index contributed by atoms with van der Waals surface area (Å²) in [4.78, 5) is 4.17. The lowest BCUT2D eigenvalue weighted by Crippen LogP contribution is -2.39. The molecule has 30 heavy (non-hydrogen) atoms. The second-order valence-electron chi connectivity index (χ2n) is 6.59. The molecule has 150 valence electrons. The molecule has 0 aliphatic carbocycles. The van der Waals surface area contributed by atoms with Crippen molar-refractivity contribution in [3.63, 3.8) is 0 Å². The minimum Gasteiger partial charge on any atom is -0.495 e. The summed E-state index contributed by atoms with van der Waals surface area (Å²) < 4.78 is 36.2. The highest BCUT2D eigenvalue weighted by atomic mass is 19.3. The summed E-state index contributed by atoms with van der Waals surface area (Å²) in [7, 11) is 1.47. The fourth-order valence-electron chi connectivity index (χ4n) is 3.04. The van der Waals surface area contributed by atoms with Crippen LogP contribution in [0.2, 0.25) is 0 Å². The smallest absolute Gasteiger partial charge is 0.331 e. The second-order valence-corrected chi connectivity index (χ2v) is 6.59. The van der Waals surface area contributed by atoms with Gasteiger partial charge in [-0.3, -0.25) is 15.8 Å². The van der Waals surface area contributed by atoms with Gasteiger partial charge in [-0.05, 0) is 30.3 Å². The molecule has 0 fully saturated rings. The first-order valence-electron chi connectivity index (χ1n) is 9.02. The average Bonchev–Trinajstić information content (AvgIpc) is 2.78. The van der Waals surface area contributed by atoms with E-state index in [2.05, 4.69) is 10.1 Å². The van der Waals surface area contributed by atoms with Gasteiger partial charge in [0, 0.05) is 16.5 Å². The number of nitrogens with one attached hydrogen (secondary N) is 2. The molecule has 2 aromatic carbocycles. The van der Waals surface area contributed by atoms with Crippen LogP contribution in [0.5, 0.6) is 5.75 Å². The van der Waals surface area contributed by atoms with Crippen LogP contribution >= 0.6 is 0 Å². The first kappa shape index (κ1) is 19.4. The Hall–Kier alpha value is -3.94. The zero-order chi connectivity index (χ0) is 21.3. The Morgan fingerprint density at radius 3 is 2.53 bits per heavy atom. The van der Waals surface area contributed by atoms with Gasteiger partial charge in [0.1, 0.15) is 11.2 Å². The van der Waals surface area contributed by atoms with Crippen LogP contribution in [0.3, 0.4) is 0 Å². The number of hydrogen-bond donors (Lipinski definition) is 2. The van der Waals surface area contributed by atoms with E-state index in [4.69, 9.17) is 15.6 Å². The van der Waals surface area contributed by atoms with Crippen LogP contribution in [0.1, 0.15) is 5.56 Å². The number of rotatable bonds is 4. The lowest BCUT2D eigenvalue weighted by Gasteiger charge is -2.20. The minimum absolute atomic E-state index is 0.316. The van der Waals surface area contributed by atoms with Gasteiger partial charge < -0.3 is 4.74 Å². The molecule has 0 unspecified atom stereocenters. The second kappa shape index (κ2) is 7.47. The van der Waals surface area contributed by atoms with Crippen molar-refractivity contribution in [2.45, 2.75) is 5.92 Å². The maximum atomic E-state index is 15.2. The number of methoxy groups -OCH3 is 1. The lowest BCUT2D eigenvalue weighted by molar-refractivity contribution is 0.0697. The Kier molecular flexibility index (Phi) is 4.83. The zero-order valence-electron chi connectivity index (χ0n) is 15.9. The molecule has 6 nitrogen and oxygen atoms in total. The van der Waals surface area contributed by atoms with E-state index in [9.17, 15) is 0 Å². The van der Waals surface area contributed by atoms with Crippen molar-refractivity contribution in [1.82, 2.24) is 14.8 Å². The third-order valence-corrected chi connectivity index (χ3v) is 4.67. The molecule has 0 aliphatic heterocycles. The minimum atomic E-state index is -3.68. The van der Waals surface area contributed by atoms with Gasteiger partial charge in [-0.15, -0.1) is 0 Å². The summed E-state index contributed by atoms with van der Waals surface area (Å²) in [6, 6.07) is 17.4. The molecule has 8 heteroatoms. The third kappa shape index (κ3) is 3.43. The van der Waals surface area contributed by atoms with Gasteiger partial charge in [-0.2, -0.15) is 18.6 Å². The Balaban J connectivity index is 1.77. The number of alkyl halides is 2. The Bertz CT molecular complexity index is 1300. The average molecular weight is 405 g/mol. The van der Waals surface area contributed by atoms with Crippen LogP contribution in [-0.2, 0) is 5.92 Å². The molecule has 0 bridgehead atoms. The maximum Gasteiger partial charge on any atom is 0.331 e. The van der Waals surface area contributed by atoms with E-state index in [1.165, 1.54) is 37.6 Å². The van der Waals surface area contributed by atoms with Gasteiger partial charge in [0.25, 0.3) is 0 Å². The van der Waals surface area contributed by atoms with Gasteiger partial charge in [-0.1, -0.05) is 36.4 Å². The summed E-state index contributed by atoms with van der Waals surface area (Å²) in [6.45, 7) is 0. The Morgan fingerprint density at radius 2 is 1.80 bits per heavy atom. The Morgan fingerprint density at radius 1 is 1.03 bits per heavy atom. The first-order valence-corrected chi connectivity index (χ1v) is 9.02. The summed E-state index contributed by atoms with van der Waals surface area (Å²) in [5.41, 5.74) is 0.906. The molecular weight excluding hydrogens is 388 g/mol. The zero-order valence-corrected chi connectivity index (χ0v) is 15.9. The van der Waals surface area contributed by atoms with Crippen LogP contribution in [0, 0.1) is 10.8 Å². The largest absolute Gasteiger partial charge is 0.495 e. The maximum absolute atomic E-state index is 15.2. The fraction of sp³-hybridized carbons (Fsp3) is 0.0909. The van der Waals surface area contributed by atoms with E-state index in [-0.39, 0.29) is 5.49 Å². The highest BCUT2D eigenvalue weighted by molar-refractivity contribution is 5.90. The number of benzene rings is 2. The van der Waals surface area contributed by atoms with Crippen LogP contribution < -0.4 is 10.2 Å². The number of halogens is 2. The van der Waals surface area contributed by atoms with Gasteiger partial charge in [0.15, 0.2) is 5.84 Å². The fourth-order valence-corrected chi connectivity index (χ4v) is 3.04. The summed E-state index contributed by atoms with van der Waals surface area (Å²) in [6.07, 6.45) is 1.50. The normalized spacial score (nSPS) is 11.4. The molecule has 4 rings (SSSR count). The molecule has 2 N–H and O–H groups in total. The van der Waals surface area contributed by atoms with Crippen molar-refractivity contribution in [2.24, 2.45) is 0 Å². The summed E-state index contributed by atoms with van der Waals surface area (Å²) in [5.74, 6) is -4.35. The summed E-state index contributed by atoms with van der Waals surface area (Å²) >= 11 is 0. The number of aromatic nitrogens is 3. The first-order chi connectivity index (χ1) is 14.4. The molecule has 0 amide bonds. The molecule has 4 aromatic rings. The van der Waals surface area contributed by atoms with E-state index in [1.54, 1.807) is 36.4 Å². The van der Waals surface area contributed by atoms with Gasteiger partial charge in [0.05, 0.1) is 24.5 Å². The predicted octanol–water partition coefficient (Wildman–Crippen LogP) is 4.20. The van der Waals surface area contributed by atoms with Gasteiger partial charge in [-0.25, -0.2) is 0 Å². The van der Waals surface area contributed by atoms with Crippen molar-refractivity contribution < 1.29 is 13.5 Å². The number of ether oxygens (including phenoxy) is 1.